The highest BCUT2D eigenvalue weighted by molar-refractivity contribution is 7.15. The molecular weight excluding hydrogens is 404 g/mol. The number of aromatic nitrogens is 1. The number of rotatable bonds is 8. The normalized spacial score (nSPS) is 12.2. The first-order valence-electron chi connectivity index (χ1n) is 10.8. The van der Waals surface area contributed by atoms with Crippen LogP contribution in [-0.2, 0) is 17.7 Å². The van der Waals surface area contributed by atoms with E-state index in [-0.39, 0.29) is 18.1 Å². The van der Waals surface area contributed by atoms with Gasteiger partial charge in [-0.15, -0.1) is 11.3 Å². The number of hydrogen-bond donors (Lipinski definition) is 1. The first-order chi connectivity index (χ1) is 14.7. The molecule has 3 aromatic rings. The topological polar surface area (TPSA) is 51.2 Å². The monoisotopic (exact) mass is 436 g/mol. The number of hydrogen-bond acceptors (Lipinski definition) is 4. The van der Waals surface area contributed by atoms with Crippen LogP contribution in [0, 0.1) is 20.8 Å². The van der Waals surface area contributed by atoms with Crippen molar-refractivity contribution < 1.29 is 9.53 Å². The first kappa shape index (κ1) is 23.2. The number of carbonyl (C=O) groups is 1. The maximum absolute atomic E-state index is 12.8. The molecule has 0 saturated heterocycles. The minimum atomic E-state index is -0.131. The third kappa shape index (κ3) is 6.25. The molecule has 164 valence electrons. The Morgan fingerprint density at radius 1 is 1.06 bits per heavy atom. The highest BCUT2D eigenvalue weighted by Gasteiger charge is 2.17. The fourth-order valence-electron chi connectivity index (χ4n) is 3.57. The Bertz CT molecular complexity index is 1040. The van der Waals surface area contributed by atoms with Crippen molar-refractivity contribution >= 4 is 17.2 Å². The van der Waals surface area contributed by atoms with Gasteiger partial charge in [0.1, 0.15) is 10.7 Å². The Balaban J connectivity index is 1.68. The molecule has 5 heteroatoms. The average molecular weight is 437 g/mol. The van der Waals surface area contributed by atoms with Crippen LogP contribution >= 0.6 is 11.3 Å². The van der Waals surface area contributed by atoms with Crippen LogP contribution in [0.15, 0.2) is 42.5 Å². The van der Waals surface area contributed by atoms with Gasteiger partial charge < -0.3 is 10.1 Å². The average Bonchev–Trinajstić information content (AvgIpc) is 3.09. The minimum absolute atomic E-state index is 0.131. The Kier molecular flexibility index (Phi) is 7.63. The van der Waals surface area contributed by atoms with Gasteiger partial charge in [0, 0.05) is 17.0 Å². The smallest absolute Gasteiger partial charge is 0.271 e. The van der Waals surface area contributed by atoms with Crippen molar-refractivity contribution in [2.75, 3.05) is 0 Å². The van der Waals surface area contributed by atoms with E-state index >= 15 is 0 Å². The lowest BCUT2D eigenvalue weighted by atomic mass is 10.0. The molecule has 1 atom stereocenters. The van der Waals surface area contributed by atoms with Gasteiger partial charge in [-0.3, -0.25) is 4.79 Å². The van der Waals surface area contributed by atoms with Crippen molar-refractivity contribution in [2.24, 2.45) is 0 Å². The molecule has 0 aliphatic rings. The molecule has 0 aliphatic carbocycles. The number of carbonyl (C=O) groups excluding carboxylic acids is 1. The van der Waals surface area contributed by atoms with Crippen molar-refractivity contribution in [3.63, 3.8) is 0 Å². The van der Waals surface area contributed by atoms with E-state index in [0.717, 1.165) is 33.0 Å². The zero-order chi connectivity index (χ0) is 22.5. The summed E-state index contributed by atoms with van der Waals surface area (Å²) in [4.78, 5) is 18.4. The number of amides is 1. The van der Waals surface area contributed by atoms with E-state index in [0.29, 0.717) is 12.2 Å². The van der Waals surface area contributed by atoms with Gasteiger partial charge in [0.2, 0.25) is 0 Å². The van der Waals surface area contributed by atoms with Crippen LogP contribution < -0.4 is 5.32 Å². The third-order valence-electron chi connectivity index (χ3n) is 5.19. The summed E-state index contributed by atoms with van der Waals surface area (Å²) in [7, 11) is 0. The number of benzene rings is 2. The second-order valence-corrected chi connectivity index (χ2v) is 9.64. The van der Waals surface area contributed by atoms with Crippen LogP contribution in [0.4, 0.5) is 0 Å². The molecule has 1 amide bonds. The van der Waals surface area contributed by atoms with Crippen LogP contribution in [0.25, 0.3) is 10.6 Å². The fraction of sp³-hybridized carbons (Fsp3) is 0.385. The van der Waals surface area contributed by atoms with E-state index in [1.807, 2.05) is 19.1 Å². The Hall–Kier alpha value is -2.50. The van der Waals surface area contributed by atoms with Crippen molar-refractivity contribution in [1.82, 2.24) is 10.3 Å². The minimum Gasteiger partial charge on any atom is -0.376 e. The molecule has 0 aliphatic heterocycles. The number of thiazole rings is 1. The fourth-order valence-corrected chi connectivity index (χ4v) is 4.49. The Morgan fingerprint density at radius 2 is 1.77 bits per heavy atom. The summed E-state index contributed by atoms with van der Waals surface area (Å²) in [6, 6.07) is 14.6. The molecule has 0 radical (unpaired) electrons. The molecule has 1 heterocycles. The van der Waals surface area contributed by atoms with Crippen molar-refractivity contribution in [1.29, 1.82) is 0 Å². The van der Waals surface area contributed by atoms with Crippen molar-refractivity contribution in [2.45, 2.75) is 66.7 Å². The van der Waals surface area contributed by atoms with Crippen LogP contribution in [0.2, 0.25) is 0 Å². The molecule has 1 N–H and O–H groups in total. The van der Waals surface area contributed by atoms with E-state index in [9.17, 15) is 4.79 Å². The second-order valence-electron chi connectivity index (χ2n) is 8.43. The van der Waals surface area contributed by atoms with Gasteiger partial charge in [0.05, 0.1) is 12.2 Å². The second kappa shape index (κ2) is 10.2. The molecule has 1 aromatic heterocycles. The molecule has 4 nitrogen and oxygen atoms in total. The molecular formula is C26H32N2O2S. The van der Waals surface area contributed by atoms with Gasteiger partial charge in [0.15, 0.2) is 0 Å². The highest BCUT2D eigenvalue weighted by atomic mass is 32.1. The largest absolute Gasteiger partial charge is 0.376 e. The number of nitrogens with one attached hydrogen (secondary N) is 1. The van der Waals surface area contributed by atoms with Gasteiger partial charge in [-0.25, -0.2) is 4.98 Å². The molecule has 0 fully saturated rings. The summed E-state index contributed by atoms with van der Waals surface area (Å²) in [5, 5.41) is 3.93. The standard InChI is InChI=1S/C26H32N2O2S/c1-16(2)30-19(5)13-21-10-9-18(4)23(14-21)15-27-25(29)24-20(6)31-26(28-24)22-11-7-17(3)8-12-22/h7-12,14,16,19H,13,15H2,1-6H3,(H,27,29). The predicted molar refractivity (Wildman–Crippen MR) is 129 cm³/mol. The zero-order valence-corrected chi connectivity index (χ0v) is 20.1. The number of ether oxygens (including phenoxy) is 1. The van der Waals surface area contributed by atoms with E-state index in [4.69, 9.17) is 4.74 Å². The highest BCUT2D eigenvalue weighted by Crippen LogP contribution is 2.28. The SMILES string of the molecule is Cc1ccc(-c2nc(C(=O)NCc3cc(CC(C)OC(C)C)ccc3C)c(C)s2)cc1. The van der Waals surface area contributed by atoms with Gasteiger partial charge in [-0.1, -0.05) is 48.0 Å². The molecule has 2 aromatic carbocycles. The summed E-state index contributed by atoms with van der Waals surface area (Å²) < 4.78 is 5.86. The van der Waals surface area contributed by atoms with E-state index in [2.05, 4.69) is 75.3 Å². The summed E-state index contributed by atoms with van der Waals surface area (Å²) in [6.07, 6.45) is 1.22. The number of nitrogens with zero attached hydrogens (tertiary/aromatic N) is 1. The lowest BCUT2D eigenvalue weighted by Gasteiger charge is -2.17. The quantitative estimate of drug-likeness (QED) is 0.470. The summed E-state index contributed by atoms with van der Waals surface area (Å²) >= 11 is 1.55. The molecule has 0 spiro atoms. The maximum atomic E-state index is 12.8. The van der Waals surface area contributed by atoms with Crippen LogP contribution in [0.5, 0.6) is 0 Å². The molecule has 1 unspecified atom stereocenters. The lowest BCUT2D eigenvalue weighted by Crippen LogP contribution is -2.24. The Morgan fingerprint density at radius 3 is 2.45 bits per heavy atom. The van der Waals surface area contributed by atoms with Gasteiger partial charge >= 0.3 is 0 Å². The Labute approximate surface area is 189 Å². The van der Waals surface area contributed by atoms with Gasteiger partial charge in [-0.05, 0) is 64.7 Å². The first-order valence-corrected chi connectivity index (χ1v) is 11.6. The maximum Gasteiger partial charge on any atom is 0.271 e. The lowest BCUT2D eigenvalue weighted by molar-refractivity contribution is 0.0195. The summed E-state index contributed by atoms with van der Waals surface area (Å²) in [5.74, 6) is -0.131. The number of aryl methyl sites for hydroxylation is 3. The van der Waals surface area contributed by atoms with Crippen LogP contribution in [0.3, 0.4) is 0 Å². The van der Waals surface area contributed by atoms with Crippen LogP contribution in [-0.4, -0.2) is 23.1 Å². The summed E-state index contributed by atoms with van der Waals surface area (Å²) in [5.41, 5.74) is 6.26. The molecule has 0 bridgehead atoms. The van der Waals surface area contributed by atoms with Gasteiger partial charge in [-0.2, -0.15) is 0 Å². The predicted octanol–water partition coefficient (Wildman–Crippen LogP) is 6.02. The van der Waals surface area contributed by atoms with Gasteiger partial charge in [0.25, 0.3) is 5.91 Å². The van der Waals surface area contributed by atoms with E-state index in [1.165, 1.54) is 11.1 Å². The third-order valence-corrected chi connectivity index (χ3v) is 6.21. The molecule has 0 saturated carbocycles. The van der Waals surface area contributed by atoms with Crippen molar-refractivity contribution in [3.8, 4) is 10.6 Å². The van der Waals surface area contributed by atoms with E-state index < -0.39 is 0 Å². The zero-order valence-electron chi connectivity index (χ0n) is 19.3. The van der Waals surface area contributed by atoms with Crippen LogP contribution in [0.1, 0.15) is 58.4 Å². The molecule has 31 heavy (non-hydrogen) atoms. The van der Waals surface area contributed by atoms with Crippen molar-refractivity contribution in [3.05, 3.63) is 75.3 Å². The summed E-state index contributed by atoms with van der Waals surface area (Å²) in [6.45, 7) is 12.8. The molecule has 3 rings (SSSR count). The van der Waals surface area contributed by atoms with E-state index in [1.54, 1.807) is 11.3 Å².